The van der Waals surface area contributed by atoms with Crippen LogP contribution in [0.15, 0.2) is 53.4 Å². The van der Waals surface area contributed by atoms with E-state index >= 15 is 0 Å². The highest BCUT2D eigenvalue weighted by Crippen LogP contribution is 2.19. The number of sulfonamides is 1. The molecule has 0 aliphatic rings. The van der Waals surface area contributed by atoms with Gasteiger partial charge in [0.1, 0.15) is 5.75 Å². The summed E-state index contributed by atoms with van der Waals surface area (Å²) in [4.78, 5) is 14.1. The van der Waals surface area contributed by atoms with Crippen LogP contribution in [0.25, 0.3) is 0 Å². The van der Waals surface area contributed by atoms with Crippen LogP contribution in [0.2, 0.25) is 0 Å². The van der Waals surface area contributed by atoms with Gasteiger partial charge in [-0.05, 0) is 37.4 Å². The van der Waals surface area contributed by atoms with Gasteiger partial charge in [0, 0.05) is 30.8 Å². The molecule has 7 nitrogen and oxygen atoms in total. The Bertz CT molecular complexity index is 851. The first-order valence-corrected chi connectivity index (χ1v) is 9.57. The number of nitrogens with zero attached hydrogens (tertiary/aromatic N) is 1. The van der Waals surface area contributed by atoms with E-state index in [0.29, 0.717) is 25.2 Å². The molecule has 8 heteroatoms. The van der Waals surface area contributed by atoms with Gasteiger partial charge in [-0.2, -0.15) is 0 Å². The highest BCUT2D eigenvalue weighted by Gasteiger charge is 2.10. The summed E-state index contributed by atoms with van der Waals surface area (Å²) >= 11 is 0. The van der Waals surface area contributed by atoms with Crippen molar-refractivity contribution in [2.24, 2.45) is 5.14 Å². The number of hydrogen-bond donors (Lipinski definition) is 2. The second kappa shape index (κ2) is 8.79. The van der Waals surface area contributed by atoms with Crippen LogP contribution >= 0.6 is 0 Å². The molecule has 0 fully saturated rings. The molecule has 0 heterocycles. The Morgan fingerprint density at radius 3 is 2.42 bits per heavy atom. The van der Waals surface area contributed by atoms with E-state index in [1.807, 2.05) is 36.2 Å². The molecule has 0 aromatic heterocycles. The van der Waals surface area contributed by atoms with Crippen molar-refractivity contribution in [1.82, 2.24) is 4.90 Å². The van der Waals surface area contributed by atoms with Crippen molar-refractivity contribution in [2.45, 2.75) is 17.9 Å². The fourth-order valence-corrected chi connectivity index (χ4v) is 2.96. The summed E-state index contributed by atoms with van der Waals surface area (Å²) in [5.41, 5.74) is 1.58. The Labute approximate surface area is 153 Å². The van der Waals surface area contributed by atoms with Crippen molar-refractivity contribution >= 4 is 21.6 Å². The highest BCUT2D eigenvalue weighted by atomic mass is 32.2. The number of carbonyl (C=O) groups is 1. The van der Waals surface area contributed by atoms with Crippen LogP contribution < -0.4 is 15.2 Å². The quantitative estimate of drug-likeness (QED) is 0.730. The SMILES string of the molecule is COc1ccccc1CN(C)CCC(=O)Nc1ccc(S(N)(=O)=O)cc1. The lowest BCUT2D eigenvalue weighted by Gasteiger charge is -2.18. The smallest absolute Gasteiger partial charge is 0.238 e. The molecule has 26 heavy (non-hydrogen) atoms. The molecular weight excluding hydrogens is 354 g/mol. The Balaban J connectivity index is 1.84. The molecule has 0 aliphatic carbocycles. The van der Waals surface area contributed by atoms with Gasteiger partial charge < -0.3 is 15.0 Å². The molecule has 2 aromatic carbocycles. The predicted molar refractivity (Wildman–Crippen MR) is 100 cm³/mol. The van der Waals surface area contributed by atoms with Crippen molar-refractivity contribution in [3.05, 3.63) is 54.1 Å². The van der Waals surface area contributed by atoms with Crippen molar-refractivity contribution in [3.8, 4) is 5.75 Å². The third kappa shape index (κ3) is 5.83. The molecule has 1 amide bonds. The van der Waals surface area contributed by atoms with Gasteiger partial charge in [0.2, 0.25) is 15.9 Å². The van der Waals surface area contributed by atoms with Crippen LogP contribution in [-0.4, -0.2) is 39.9 Å². The summed E-state index contributed by atoms with van der Waals surface area (Å²) in [6.45, 7) is 1.24. The van der Waals surface area contributed by atoms with Crippen molar-refractivity contribution in [1.29, 1.82) is 0 Å². The number of benzene rings is 2. The summed E-state index contributed by atoms with van der Waals surface area (Å²) in [5, 5.41) is 7.78. The summed E-state index contributed by atoms with van der Waals surface area (Å²) in [7, 11) is -0.171. The Hall–Kier alpha value is -2.42. The molecule has 0 aliphatic heterocycles. The first-order valence-electron chi connectivity index (χ1n) is 8.03. The van der Waals surface area contributed by atoms with Crippen LogP contribution in [0.4, 0.5) is 5.69 Å². The molecule has 0 spiro atoms. The van der Waals surface area contributed by atoms with Crippen LogP contribution in [0.5, 0.6) is 5.75 Å². The number of carbonyl (C=O) groups excluding carboxylic acids is 1. The maximum absolute atomic E-state index is 12.1. The second-order valence-electron chi connectivity index (χ2n) is 5.92. The van der Waals surface area contributed by atoms with E-state index in [1.165, 1.54) is 24.3 Å². The topological polar surface area (TPSA) is 102 Å². The van der Waals surface area contributed by atoms with Crippen LogP contribution in [0, 0.1) is 0 Å². The fourth-order valence-electron chi connectivity index (χ4n) is 2.45. The zero-order chi connectivity index (χ0) is 19.2. The molecule has 140 valence electrons. The monoisotopic (exact) mass is 377 g/mol. The van der Waals surface area contributed by atoms with Gasteiger partial charge >= 0.3 is 0 Å². The molecule has 0 unspecified atom stereocenters. The largest absolute Gasteiger partial charge is 0.496 e. The number of nitrogens with two attached hydrogens (primary N) is 1. The van der Waals surface area contributed by atoms with Gasteiger partial charge in [-0.1, -0.05) is 18.2 Å². The van der Waals surface area contributed by atoms with Gasteiger partial charge in [0.15, 0.2) is 0 Å². The number of methoxy groups -OCH3 is 1. The Morgan fingerprint density at radius 1 is 1.15 bits per heavy atom. The van der Waals surface area contributed by atoms with E-state index in [4.69, 9.17) is 9.88 Å². The van der Waals surface area contributed by atoms with Crippen molar-refractivity contribution in [3.63, 3.8) is 0 Å². The zero-order valence-corrected chi connectivity index (χ0v) is 15.6. The van der Waals surface area contributed by atoms with E-state index in [2.05, 4.69) is 5.32 Å². The lowest BCUT2D eigenvalue weighted by Crippen LogP contribution is -2.24. The molecule has 3 N–H and O–H groups in total. The Morgan fingerprint density at radius 2 is 1.81 bits per heavy atom. The first-order chi connectivity index (χ1) is 12.3. The minimum absolute atomic E-state index is 0.00652. The summed E-state index contributed by atoms with van der Waals surface area (Å²) in [6, 6.07) is 13.5. The van der Waals surface area contributed by atoms with E-state index in [1.54, 1.807) is 7.11 Å². The Kier molecular flexibility index (Phi) is 6.73. The molecular formula is C18H23N3O4S. The lowest BCUT2D eigenvalue weighted by molar-refractivity contribution is -0.116. The van der Waals surface area contributed by atoms with E-state index in [0.717, 1.165) is 11.3 Å². The van der Waals surface area contributed by atoms with Gasteiger partial charge in [0.05, 0.1) is 12.0 Å². The van der Waals surface area contributed by atoms with Gasteiger partial charge in [-0.3, -0.25) is 4.79 Å². The van der Waals surface area contributed by atoms with E-state index in [-0.39, 0.29) is 10.8 Å². The molecule has 0 saturated carbocycles. The average Bonchev–Trinajstić information content (AvgIpc) is 2.60. The maximum Gasteiger partial charge on any atom is 0.238 e. The van der Waals surface area contributed by atoms with Crippen LogP contribution in [0.3, 0.4) is 0 Å². The van der Waals surface area contributed by atoms with Crippen molar-refractivity contribution in [2.75, 3.05) is 26.0 Å². The minimum Gasteiger partial charge on any atom is -0.496 e. The standard InChI is InChI=1S/C18H23N3O4S/c1-21(13-14-5-3-4-6-17(14)25-2)12-11-18(22)20-15-7-9-16(10-8-15)26(19,23)24/h3-10H,11-13H2,1-2H3,(H,20,22)(H2,19,23,24). The number of rotatable bonds is 8. The molecule has 0 atom stereocenters. The van der Waals surface area contributed by atoms with Gasteiger partial charge in [-0.25, -0.2) is 13.6 Å². The third-order valence-corrected chi connectivity index (χ3v) is 4.75. The van der Waals surface area contributed by atoms with E-state index < -0.39 is 10.0 Å². The second-order valence-corrected chi connectivity index (χ2v) is 7.48. The van der Waals surface area contributed by atoms with Gasteiger partial charge in [-0.15, -0.1) is 0 Å². The number of amides is 1. The molecule has 0 saturated heterocycles. The number of hydrogen-bond acceptors (Lipinski definition) is 5. The molecule has 0 radical (unpaired) electrons. The average molecular weight is 377 g/mol. The molecule has 2 aromatic rings. The number of anilines is 1. The molecule has 0 bridgehead atoms. The van der Waals surface area contributed by atoms with Crippen LogP contribution in [-0.2, 0) is 21.4 Å². The number of primary sulfonamides is 1. The number of para-hydroxylation sites is 1. The number of ether oxygens (including phenoxy) is 1. The highest BCUT2D eigenvalue weighted by molar-refractivity contribution is 7.89. The maximum atomic E-state index is 12.1. The minimum atomic E-state index is -3.73. The summed E-state index contributed by atoms with van der Waals surface area (Å²) in [6.07, 6.45) is 0.308. The number of nitrogens with one attached hydrogen (secondary N) is 1. The third-order valence-electron chi connectivity index (χ3n) is 3.82. The first kappa shape index (κ1) is 19.9. The summed E-state index contributed by atoms with van der Waals surface area (Å²) < 4.78 is 27.8. The van der Waals surface area contributed by atoms with Gasteiger partial charge in [0.25, 0.3) is 0 Å². The van der Waals surface area contributed by atoms with E-state index in [9.17, 15) is 13.2 Å². The lowest BCUT2D eigenvalue weighted by atomic mass is 10.2. The van der Waals surface area contributed by atoms with Crippen molar-refractivity contribution < 1.29 is 17.9 Å². The normalized spacial score (nSPS) is 11.4. The fraction of sp³-hybridized carbons (Fsp3) is 0.278. The predicted octanol–water partition coefficient (Wildman–Crippen LogP) is 1.80. The van der Waals surface area contributed by atoms with Crippen LogP contribution in [0.1, 0.15) is 12.0 Å². The molecule has 2 rings (SSSR count). The summed E-state index contributed by atoms with van der Waals surface area (Å²) in [5.74, 6) is 0.666. The zero-order valence-electron chi connectivity index (χ0n) is 14.8.